The van der Waals surface area contributed by atoms with E-state index >= 15 is 0 Å². The summed E-state index contributed by atoms with van der Waals surface area (Å²) in [4.78, 5) is 10.8. The van der Waals surface area contributed by atoms with Gasteiger partial charge in [0.05, 0.1) is 12.4 Å². The monoisotopic (exact) mass is 421 g/mol. The zero-order valence-corrected chi connectivity index (χ0v) is 15.9. The molecule has 1 aromatic rings. The Bertz CT molecular complexity index is 416. The van der Waals surface area contributed by atoms with Gasteiger partial charge in [-0.15, -0.1) is 24.0 Å². The quantitative estimate of drug-likeness (QED) is 0.330. The van der Waals surface area contributed by atoms with Crippen molar-refractivity contribution in [2.75, 3.05) is 33.3 Å². The number of aryl methyl sites for hydroxylation is 1. The van der Waals surface area contributed by atoms with Crippen LogP contribution >= 0.6 is 24.0 Å². The number of guanidine groups is 1. The minimum Gasteiger partial charge on any atom is -0.378 e. The van der Waals surface area contributed by atoms with Crippen molar-refractivity contribution in [3.05, 3.63) is 18.7 Å². The summed E-state index contributed by atoms with van der Waals surface area (Å²) in [5, 5.41) is 3.45. The van der Waals surface area contributed by atoms with Crippen LogP contribution in [0.4, 0.5) is 0 Å². The van der Waals surface area contributed by atoms with E-state index in [1.54, 1.807) is 0 Å². The molecule has 2 heterocycles. The summed E-state index contributed by atoms with van der Waals surface area (Å²) in [6, 6.07) is 0. The Balaban J connectivity index is 0.00000242. The molecule has 1 saturated heterocycles. The summed E-state index contributed by atoms with van der Waals surface area (Å²) in [7, 11) is 1.85. The lowest BCUT2D eigenvalue weighted by Gasteiger charge is -2.34. The Morgan fingerprint density at radius 1 is 1.41 bits per heavy atom. The van der Waals surface area contributed by atoms with Crippen LogP contribution in [0, 0.1) is 0 Å². The number of hydrogen-bond donors (Lipinski definition) is 1. The Morgan fingerprint density at radius 3 is 2.77 bits per heavy atom. The summed E-state index contributed by atoms with van der Waals surface area (Å²) in [6.07, 6.45) is 9.32. The Morgan fingerprint density at radius 2 is 2.18 bits per heavy atom. The van der Waals surface area contributed by atoms with E-state index in [2.05, 4.69) is 31.7 Å². The van der Waals surface area contributed by atoms with Gasteiger partial charge in [-0.3, -0.25) is 4.99 Å². The molecule has 0 spiro atoms. The van der Waals surface area contributed by atoms with Crippen molar-refractivity contribution in [3.8, 4) is 0 Å². The number of aliphatic imine (C=N–C) groups is 1. The summed E-state index contributed by atoms with van der Waals surface area (Å²) in [5.74, 6) is 1.01. The highest BCUT2D eigenvalue weighted by Gasteiger charge is 2.21. The summed E-state index contributed by atoms with van der Waals surface area (Å²) < 4.78 is 7.78. The van der Waals surface area contributed by atoms with Gasteiger partial charge < -0.3 is 19.5 Å². The van der Waals surface area contributed by atoms with Crippen LogP contribution in [0.5, 0.6) is 0 Å². The van der Waals surface area contributed by atoms with Crippen molar-refractivity contribution >= 4 is 29.9 Å². The van der Waals surface area contributed by atoms with Crippen molar-refractivity contribution in [1.29, 1.82) is 0 Å². The lowest BCUT2D eigenvalue weighted by molar-refractivity contribution is 0.0264. The van der Waals surface area contributed by atoms with E-state index in [9.17, 15) is 0 Å². The van der Waals surface area contributed by atoms with Gasteiger partial charge in [0.1, 0.15) is 0 Å². The number of piperidine rings is 1. The molecule has 126 valence electrons. The van der Waals surface area contributed by atoms with E-state index in [4.69, 9.17) is 4.74 Å². The molecule has 0 atom stereocenters. The first-order valence-corrected chi connectivity index (χ1v) is 7.86. The molecule has 7 heteroatoms. The van der Waals surface area contributed by atoms with Crippen LogP contribution in [-0.2, 0) is 11.3 Å². The van der Waals surface area contributed by atoms with Gasteiger partial charge in [0, 0.05) is 52.2 Å². The van der Waals surface area contributed by atoms with Gasteiger partial charge in [0.2, 0.25) is 0 Å². The smallest absolute Gasteiger partial charge is 0.193 e. The minimum absolute atomic E-state index is 0. The molecule has 1 aromatic heterocycles. The molecule has 0 aliphatic carbocycles. The second-order valence-electron chi connectivity index (χ2n) is 5.27. The first-order valence-electron chi connectivity index (χ1n) is 7.86. The molecule has 0 bridgehead atoms. The molecule has 0 radical (unpaired) electrons. The predicted molar refractivity (Wildman–Crippen MR) is 99.8 cm³/mol. The number of imidazole rings is 1. The van der Waals surface area contributed by atoms with Gasteiger partial charge in [0.15, 0.2) is 5.96 Å². The third-order valence-corrected chi connectivity index (χ3v) is 3.79. The number of nitrogens with one attached hydrogen (secondary N) is 1. The summed E-state index contributed by atoms with van der Waals surface area (Å²) in [5.41, 5.74) is 0. The maximum Gasteiger partial charge on any atom is 0.193 e. The second kappa shape index (κ2) is 10.8. The summed E-state index contributed by atoms with van der Waals surface area (Å²) >= 11 is 0. The minimum atomic E-state index is 0. The molecule has 0 unspecified atom stereocenters. The third kappa shape index (κ3) is 6.12. The topological polar surface area (TPSA) is 54.7 Å². The van der Waals surface area contributed by atoms with Crippen molar-refractivity contribution in [2.45, 2.75) is 38.8 Å². The van der Waals surface area contributed by atoms with Crippen molar-refractivity contribution in [1.82, 2.24) is 19.8 Å². The van der Waals surface area contributed by atoms with Gasteiger partial charge >= 0.3 is 0 Å². The molecule has 0 saturated carbocycles. The summed E-state index contributed by atoms with van der Waals surface area (Å²) in [6.45, 7) is 6.82. The molecule has 6 nitrogen and oxygen atoms in total. The zero-order valence-electron chi connectivity index (χ0n) is 13.6. The highest BCUT2D eigenvalue weighted by molar-refractivity contribution is 14.0. The van der Waals surface area contributed by atoms with Gasteiger partial charge in [-0.05, 0) is 26.2 Å². The fourth-order valence-electron chi connectivity index (χ4n) is 2.68. The molecule has 0 aromatic carbocycles. The zero-order chi connectivity index (χ0) is 14.9. The predicted octanol–water partition coefficient (Wildman–Crippen LogP) is 1.97. The van der Waals surface area contributed by atoms with E-state index in [1.807, 2.05) is 25.8 Å². The first-order chi connectivity index (χ1) is 10.3. The van der Waals surface area contributed by atoms with Gasteiger partial charge in [-0.1, -0.05) is 0 Å². The third-order valence-electron chi connectivity index (χ3n) is 3.79. The lowest BCUT2D eigenvalue weighted by Crippen LogP contribution is -2.47. The van der Waals surface area contributed by atoms with Crippen molar-refractivity contribution in [2.24, 2.45) is 4.99 Å². The van der Waals surface area contributed by atoms with Crippen LogP contribution in [0.1, 0.15) is 26.2 Å². The van der Waals surface area contributed by atoms with Crippen LogP contribution in [0.15, 0.2) is 23.7 Å². The SMILES string of the molecule is CCOC1CCN(C(=NC)NCCCn2ccnc2)CC1.I. The maximum absolute atomic E-state index is 5.69. The van der Waals surface area contributed by atoms with E-state index in [1.165, 1.54) is 0 Å². The van der Waals surface area contributed by atoms with E-state index in [0.717, 1.165) is 58.0 Å². The lowest BCUT2D eigenvalue weighted by atomic mass is 10.1. The number of nitrogens with zero attached hydrogens (tertiary/aromatic N) is 4. The Hall–Kier alpha value is -0.830. The van der Waals surface area contributed by atoms with Gasteiger partial charge in [0.25, 0.3) is 0 Å². The maximum atomic E-state index is 5.69. The molecule has 22 heavy (non-hydrogen) atoms. The van der Waals surface area contributed by atoms with Crippen LogP contribution < -0.4 is 5.32 Å². The van der Waals surface area contributed by atoms with Gasteiger partial charge in [-0.25, -0.2) is 4.98 Å². The molecular formula is C15H28IN5O. The van der Waals surface area contributed by atoms with Crippen LogP contribution in [0.25, 0.3) is 0 Å². The van der Waals surface area contributed by atoms with E-state index in [0.29, 0.717) is 6.10 Å². The number of hydrogen-bond acceptors (Lipinski definition) is 3. The molecule has 1 aliphatic heterocycles. The Labute approximate surface area is 150 Å². The van der Waals surface area contributed by atoms with Gasteiger partial charge in [-0.2, -0.15) is 0 Å². The first kappa shape index (κ1) is 19.2. The fourth-order valence-corrected chi connectivity index (χ4v) is 2.68. The molecule has 1 aliphatic rings. The number of halogens is 1. The molecule has 0 amide bonds. The normalized spacial score (nSPS) is 16.5. The number of aromatic nitrogens is 2. The standard InChI is InChI=1S/C15H27N5O.HI/c1-3-21-14-5-10-20(11-6-14)15(16-2)18-7-4-9-19-12-8-17-13-19;/h8,12-14H,3-7,9-11H2,1-2H3,(H,16,18);1H. The Kier molecular flexibility index (Phi) is 9.45. The van der Waals surface area contributed by atoms with Crippen molar-refractivity contribution in [3.63, 3.8) is 0 Å². The average molecular weight is 421 g/mol. The second-order valence-corrected chi connectivity index (χ2v) is 5.27. The number of ether oxygens (including phenoxy) is 1. The van der Waals surface area contributed by atoms with Crippen LogP contribution in [0.3, 0.4) is 0 Å². The van der Waals surface area contributed by atoms with E-state index < -0.39 is 0 Å². The average Bonchev–Trinajstić information content (AvgIpc) is 3.02. The largest absolute Gasteiger partial charge is 0.378 e. The van der Waals surface area contributed by atoms with Crippen LogP contribution in [0.2, 0.25) is 0 Å². The molecular weight excluding hydrogens is 393 g/mol. The number of rotatable bonds is 6. The number of likely N-dealkylation sites (tertiary alicyclic amines) is 1. The van der Waals surface area contributed by atoms with Crippen molar-refractivity contribution < 1.29 is 4.74 Å². The van der Waals surface area contributed by atoms with Crippen LogP contribution in [-0.4, -0.2) is 59.8 Å². The molecule has 2 rings (SSSR count). The molecule has 1 fully saturated rings. The highest BCUT2D eigenvalue weighted by atomic mass is 127. The fraction of sp³-hybridized carbons (Fsp3) is 0.733. The van der Waals surface area contributed by atoms with E-state index in [-0.39, 0.29) is 24.0 Å². The molecule has 1 N–H and O–H groups in total. The highest BCUT2D eigenvalue weighted by Crippen LogP contribution is 2.13.